The largest absolute Gasteiger partial charge is 0.496 e. The number of aromatic nitrogens is 3. The lowest BCUT2D eigenvalue weighted by molar-refractivity contribution is 0.136. The Morgan fingerprint density at radius 2 is 2.15 bits per heavy atom. The monoisotopic (exact) mass is 366 g/mol. The molecular formula is C21H26N4O2. The Labute approximate surface area is 159 Å². The minimum absolute atomic E-state index is 0.271. The summed E-state index contributed by atoms with van der Waals surface area (Å²) in [4.78, 5) is 2.51. The number of nitrogens with zero attached hydrogens (tertiary/aromatic N) is 3. The quantitative estimate of drug-likeness (QED) is 0.724. The van der Waals surface area contributed by atoms with Gasteiger partial charge in [-0.15, -0.1) is 0 Å². The van der Waals surface area contributed by atoms with E-state index in [1.54, 1.807) is 7.11 Å². The lowest BCUT2D eigenvalue weighted by atomic mass is 9.95. The third-order valence-electron chi connectivity index (χ3n) is 5.33. The molecule has 142 valence electrons. The Balaban J connectivity index is 1.64. The molecule has 6 nitrogen and oxygen atoms in total. The maximum Gasteiger partial charge on any atom is 0.170 e. The molecule has 1 aliphatic heterocycles. The summed E-state index contributed by atoms with van der Waals surface area (Å²) in [5.41, 5.74) is 5.41. The molecule has 1 aromatic carbocycles. The Hall–Kier alpha value is -2.60. The summed E-state index contributed by atoms with van der Waals surface area (Å²) >= 11 is 0. The highest BCUT2D eigenvalue weighted by atomic mass is 16.5. The molecule has 1 atom stereocenters. The van der Waals surface area contributed by atoms with Crippen LogP contribution in [0.5, 0.6) is 5.75 Å². The van der Waals surface area contributed by atoms with Crippen molar-refractivity contribution in [2.75, 3.05) is 13.7 Å². The van der Waals surface area contributed by atoms with E-state index in [0.29, 0.717) is 0 Å². The van der Waals surface area contributed by atoms with E-state index in [-0.39, 0.29) is 6.04 Å². The van der Waals surface area contributed by atoms with E-state index in [1.807, 2.05) is 19.2 Å². The van der Waals surface area contributed by atoms with Gasteiger partial charge >= 0.3 is 0 Å². The molecule has 1 aliphatic rings. The fraction of sp³-hybridized carbons (Fsp3) is 0.429. The van der Waals surface area contributed by atoms with Gasteiger partial charge in [0.25, 0.3) is 0 Å². The first-order valence-corrected chi connectivity index (χ1v) is 9.50. The number of nitrogens with one attached hydrogen (secondary N) is 1. The van der Waals surface area contributed by atoms with Crippen LogP contribution in [0.2, 0.25) is 0 Å². The second-order valence-electron chi connectivity index (χ2n) is 7.33. The average Bonchev–Trinajstić information content (AvgIpc) is 3.32. The van der Waals surface area contributed by atoms with Crippen LogP contribution >= 0.6 is 0 Å². The number of H-pyrrole nitrogens is 1. The molecule has 1 unspecified atom stereocenters. The van der Waals surface area contributed by atoms with Crippen molar-refractivity contribution in [2.45, 2.75) is 45.7 Å². The molecule has 2 aromatic heterocycles. The lowest BCUT2D eigenvalue weighted by Crippen LogP contribution is -2.33. The zero-order chi connectivity index (χ0) is 18.8. The van der Waals surface area contributed by atoms with Crippen molar-refractivity contribution >= 4 is 0 Å². The van der Waals surface area contributed by atoms with Crippen LogP contribution in [-0.2, 0) is 6.54 Å². The summed E-state index contributed by atoms with van der Waals surface area (Å²) in [6, 6.07) is 8.66. The van der Waals surface area contributed by atoms with Crippen molar-refractivity contribution < 1.29 is 9.26 Å². The number of piperidine rings is 1. The van der Waals surface area contributed by atoms with E-state index in [9.17, 15) is 0 Å². The van der Waals surface area contributed by atoms with Crippen molar-refractivity contribution in [1.29, 1.82) is 0 Å². The fourth-order valence-corrected chi connectivity index (χ4v) is 3.95. The molecule has 1 saturated heterocycles. The number of hydrogen-bond acceptors (Lipinski definition) is 5. The van der Waals surface area contributed by atoms with E-state index in [0.717, 1.165) is 48.0 Å². The summed E-state index contributed by atoms with van der Waals surface area (Å²) in [5, 5.41) is 11.6. The van der Waals surface area contributed by atoms with Gasteiger partial charge in [0.15, 0.2) is 5.76 Å². The van der Waals surface area contributed by atoms with Gasteiger partial charge in [0.1, 0.15) is 5.75 Å². The number of aryl methyl sites for hydroxylation is 2. The Bertz CT molecular complexity index is 915. The van der Waals surface area contributed by atoms with Crippen molar-refractivity contribution in [3.63, 3.8) is 0 Å². The van der Waals surface area contributed by atoms with Crippen LogP contribution in [0.25, 0.3) is 11.3 Å². The highest BCUT2D eigenvalue weighted by Gasteiger charge is 2.29. The van der Waals surface area contributed by atoms with Gasteiger partial charge in [-0.25, -0.2) is 0 Å². The van der Waals surface area contributed by atoms with Gasteiger partial charge in [0, 0.05) is 18.2 Å². The third kappa shape index (κ3) is 3.62. The molecule has 1 fully saturated rings. The Morgan fingerprint density at radius 1 is 1.26 bits per heavy atom. The lowest BCUT2D eigenvalue weighted by Gasteiger charge is -2.35. The van der Waals surface area contributed by atoms with Crippen molar-refractivity contribution in [3.8, 4) is 17.1 Å². The molecule has 0 aliphatic carbocycles. The Morgan fingerprint density at radius 3 is 2.93 bits per heavy atom. The molecule has 0 spiro atoms. The van der Waals surface area contributed by atoms with Crippen molar-refractivity contribution in [1.82, 2.24) is 20.3 Å². The van der Waals surface area contributed by atoms with Crippen LogP contribution in [0.1, 0.15) is 47.8 Å². The van der Waals surface area contributed by atoms with Gasteiger partial charge < -0.3 is 9.26 Å². The van der Waals surface area contributed by atoms with Gasteiger partial charge in [0.05, 0.1) is 36.3 Å². The van der Waals surface area contributed by atoms with Crippen LogP contribution in [0.4, 0.5) is 0 Å². The molecule has 3 heterocycles. The second-order valence-corrected chi connectivity index (χ2v) is 7.33. The maximum atomic E-state index is 5.62. The third-order valence-corrected chi connectivity index (χ3v) is 5.33. The molecule has 6 heteroatoms. The number of hydrogen-bond donors (Lipinski definition) is 1. The van der Waals surface area contributed by atoms with Gasteiger partial charge in [-0.2, -0.15) is 5.10 Å². The number of ether oxygens (including phenoxy) is 1. The summed E-state index contributed by atoms with van der Waals surface area (Å²) in [5.74, 6) is 1.73. The normalized spacial score (nSPS) is 18.0. The van der Waals surface area contributed by atoms with Crippen LogP contribution in [-0.4, -0.2) is 33.9 Å². The molecule has 0 amide bonds. The zero-order valence-electron chi connectivity index (χ0n) is 16.2. The van der Waals surface area contributed by atoms with Gasteiger partial charge in [-0.1, -0.05) is 23.7 Å². The van der Waals surface area contributed by atoms with Gasteiger partial charge in [0.2, 0.25) is 0 Å². The summed E-state index contributed by atoms with van der Waals surface area (Å²) in [7, 11) is 1.74. The first kappa shape index (κ1) is 17.8. The van der Waals surface area contributed by atoms with E-state index < -0.39 is 0 Å². The molecule has 1 N–H and O–H groups in total. The average molecular weight is 366 g/mol. The van der Waals surface area contributed by atoms with Crippen LogP contribution < -0.4 is 4.74 Å². The van der Waals surface area contributed by atoms with E-state index >= 15 is 0 Å². The fourth-order valence-electron chi connectivity index (χ4n) is 3.95. The number of likely N-dealkylation sites (tertiary alicyclic amines) is 1. The molecule has 27 heavy (non-hydrogen) atoms. The first-order chi connectivity index (χ1) is 13.2. The molecule has 4 rings (SSSR count). The minimum atomic E-state index is 0.271. The first-order valence-electron chi connectivity index (χ1n) is 9.50. The molecule has 3 aromatic rings. The zero-order valence-corrected chi connectivity index (χ0v) is 16.2. The standard InChI is InChI=1S/C21H26N4O2/c1-14-7-8-16(19(10-14)26-3)13-25-9-5-4-6-18(25)21-17(12-22-23-21)20-11-15(2)24-27-20/h7-8,10-12,18H,4-6,9,13H2,1-3H3,(H,22,23). The summed E-state index contributed by atoms with van der Waals surface area (Å²) in [6.07, 6.45) is 5.35. The maximum absolute atomic E-state index is 5.62. The van der Waals surface area contributed by atoms with Crippen molar-refractivity contribution in [2.24, 2.45) is 0 Å². The smallest absolute Gasteiger partial charge is 0.170 e. The molecule has 0 bridgehead atoms. The second kappa shape index (κ2) is 7.56. The topological polar surface area (TPSA) is 67.2 Å². The molecule has 0 saturated carbocycles. The van der Waals surface area contributed by atoms with Crippen LogP contribution in [0.15, 0.2) is 35.0 Å². The van der Waals surface area contributed by atoms with E-state index in [2.05, 4.69) is 45.4 Å². The number of benzene rings is 1. The highest BCUT2D eigenvalue weighted by Crippen LogP contribution is 2.37. The van der Waals surface area contributed by atoms with Crippen LogP contribution in [0.3, 0.4) is 0 Å². The summed E-state index contributed by atoms with van der Waals surface area (Å²) < 4.78 is 11.1. The highest BCUT2D eigenvalue weighted by molar-refractivity contribution is 5.60. The minimum Gasteiger partial charge on any atom is -0.496 e. The number of aromatic amines is 1. The van der Waals surface area contributed by atoms with Gasteiger partial charge in [-0.05, 0) is 44.9 Å². The van der Waals surface area contributed by atoms with Crippen LogP contribution in [0, 0.1) is 13.8 Å². The molecular weight excluding hydrogens is 340 g/mol. The van der Waals surface area contributed by atoms with Crippen molar-refractivity contribution in [3.05, 3.63) is 53.0 Å². The summed E-state index contributed by atoms with van der Waals surface area (Å²) in [6.45, 7) is 5.92. The predicted molar refractivity (Wildman–Crippen MR) is 104 cm³/mol. The SMILES string of the molecule is COc1cc(C)ccc1CN1CCCCC1c1[nH]ncc1-c1cc(C)no1. The predicted octanol–water partition coefficient (Wildman–Crippen LogP) is 4.42. The van der Waals surface area contributed by atoms with E-state index in [1.165, 1.54) is 24.0 Å². The van der Waals surface area contributed by atoms with Gasteiger partial charge in [-0.3, -0.25) is 10.00 Å². The number of rotatable bonds is 5. The van der Waals surface area contributed by atoms with E-state index in [4.69, 9.17) is 9.26 Å². The molecule has 0 radical (unpaired) electrons. The number of methoxy groups -OCH3 is 1. The Kier molecular flexibility index (Phi) is 4.99.